The third-order valence-electron chi connectivity index (χ3n) is 6.90. The Kier molecular flexibility index (Phi) is 3.16. The van der Waals surface area contributed by atoms with Crippen molar-refractivity contribution in [2.45, 2.75) is 45.4 Å². The van der Waals surface area contributed by atoms with Crippen LogP contribution in [0, 0.1) is 23.2 Å². The second-order valence-electron chi connectivity index (χ2n) is 7.73. The first kappa shape index (κ1) is 14.9. The van der Waals surface area contributed by atoms with E-state index in [1.54, 1.807) is 7.05 Å². The zero-order valence-corrected chi connectivity index (χ0v) is 13.8. The molecule has 0 amide bonds. The molecule has 0 aromatic rings. The molecule has 4 heteroatoms. The van der Waals surface area contributed by atoms with Gasteiger partial charge >= 0.3 is 0 Å². The molecule has 23 heavy (non-hydrogen) atoms. The summed E-state index contributed by atoms with van der Waals surface area (Å²) in [6.07, 6.45) is 6.44. The molecule has 0 aromatic carbocycles. The molecule has 0 heterocycles. The minimum absolute atomic E-state index is 0.00164. The van der Waals surface area contributed by atoms with E-state index >= 15 is 0 Å². The molecule has 4 nitrogen and oxygen atoms in total. The smallest absolute Gasteiger partial charge is 0.205 e. The van der Waals surface area contributed by atoms with Crippen molar-refractivity contribution in [2.24, 2.45) is 23.2 Å². The topological polar surface area (TPSA) is 63.2 Å². The fourth-order valence-electron chi connectivity index (χ4n) is 5.66. The molecule has 4 atom stereocenters. The Morgan fingerprint density at radius 1 is 1.13 bits per heavy atom. The van der Waals surface area contributed by atoms with E-state index in [0.717, 1.165) is 36.8 Å². The minimum Gasteiger partial charge on any atom is -0.385 e. The van der Waals surface area contributed by atoms with Crippen molar-refractivity contribution < 1.29 is 14.4 Å². The average Bonchev–Trinajstić information content (AvgIpc) is 2.85. The number of allylic oxidation sites excluding steroid dienone is 3. The van der Waals surface area contributed by atoms with E-state index in [2.05, 4.69) is 12.2 Å². The quantitative estimate of drug-likeness (QED) is 0.755. The molecule has 0 aromatic heterocycles. The molecule has 2 saturated carbocycles. The molecule has 2 fully saturated rings. The monoisotopic (exact) mass is 313 g/mol. The van der Waals surface area contributed by atoms with Gasteiger partial charge in [-0.15, -0.1) is 0 Å². The maximum atomic E-state index is 12.8. The van der Waals surface area contributed by atoms with Crippen LogP contribution < -0.4 is 5.32 Å². The summed E-state index contributed by atoms with van der Waals surface area (Å²) in [5.74, 6) is 1.34. The van der Waals surface area contributed by atoms with Gasteiger partial charge in [-0.1, -0.05) is 6.92 Å². The molecule has 0 spiro atoms. The van der Waals surface area contributed by atoms with Crippen LogP contribution in [0.25, 0.3) is 0 Å². The van der Waals surface area contributed by atoms with E-state index in [0.29, 0.717) is 36.2 Å². The molecular weight excluding hydrogens is 290 g/mol. The number of fused-ring (bicyclic) bond motifs is 4. The van der Waals surface area contributed by atoms with Crippen LogP contribution in [0.4, 0.5) is 0 Å². The third-order valence-corrected chi connectivity index (χ3v) is 6.90. The Morgan fingerprint density at radius 2 is 1.91 bits per heavy atom. The number of Topliss-reactive ketones (excluding diaryl/α,β-unsaturated/α-hetero) is 2. The number of nitrogens with one attached hydrogen (secondary N) is 1. The van der Waals surface area contributed by atoms with Gasteiger partial charge in [0.25, 0.3) is 0 Å². The van der Waals surface area contributed by atoms with Gasteiger partial charge in [-0.3, -0.25) is 14.4 Å². The Hall–Kier alpha value is -1.71. The number of likely N-dealkylation sites (N-methyl/N-ethyl adjacent to an activating group) is 1. The maximum Gasteiger partial charge on any atom is 0.205 e. The molecule has 4 rings (SSSR count). The van der Waals surface area contributed by atoms with Gasteiger partial charge in [-0.05, 0) is 49.9 Å². The van der Waals surface area contributed by atoms with E-state index in [9.17, 15) is 14.4 Å². The standard InChI is InChI=1S/C19H23NO3/c1-19-8-7-11-10(13(19)5-6-16(19)22)3-4-12-15(21)9-14(20-2)18(23)17(11)12/h9-11,13,20H,3-8H2,1-2H3/t10-,11+,13+,19+/m1/s1. The maximum absolute atomic E-state index is 12.8. The number of rotatable bonds is 1. The molecule has 0 bridgehead atoms. The average molecular weight is 313 g/mol. The summed E-state index contributed by atoms with van der Waals surface area (Å²) in [6, 6.07) is 0. The molecular formula is C19H23NO3. The second kappa shape index (κ2) is 4.89. The third kappa shape index (κ3) is 1.87. The second-order valence-corrected chi connectivity index (χ2v) is 7.73. The van der Waals surface area contributed by atoms with Crippen LogP contribution in [0.15, 0.2) is 22.9 Å². The van der Waals surface area contributed by atoms with E-state index in [1.165, 1.54) is 6.08 Å². The van der Waals surface area contributed by atoms with Gasteiger partial charge in [0.2, 0.25) is 5.78 Å². The largest absolute Gasteiger partial charge is 0.385 e. The zero-order valence-electron chi connectivity index (χ0n) is 13.8. The highest BCUT2D eigenvalue weighted by molar-refractivity contribution is 6.22. The zero-order chi connectivity index (χ0) is 16.4. The van der Waals surface area contributed by atoms with Crippen molar-refractivity contribution in [3.05, 3.63) is 22.9 Å². The molecule has 0 radical (unpaired) electrons. The van der Waals surface area contributed by atoms with Crippen molar-refractivity contribution in [3.63, 3.8) is 0 Å². The Labute approximate surface area is 136 Å². The lowest BCUT2D eigenvalue weighted by Crippen LogP contribution is -2.46. The first-order valence-corrected chi connectivity index (χ1v) is 8.72. The minimum atomic E-state index is -0.192. The van der Waals surface area contributed by atoms with Crippen LogP contribution in [0.1, 0.15) is 45.4 Å². The summed E-state index contributed by atoms with van der Waals surface area (Å²) < 4.78 is 0. The Morgan fingerprint density at radius 3 is 2.65 bits per heavy atom. The fraction of sp³-hybridized carbons (Fsp3) is 0.632. The normalized spacial score (nSPS) is 39.7. The van der Waals surface area contributed by atoms with Crippen LogP contribution in [0.5, 0.6) is 0 Å². The van der Waals surface area contributed by atoms with E-state index in [4.69, 9.17) is 0 Å². The highest BCUT2D eigenvalue weighted by Crippen LogP contribution is 2.59. The van der Waals surface area contributed by atoms with Crippen molar-refractivity contribution in [1.82, 2.24) is 5.32 Å². The molecule has 4 aliphatic carbocycles. The molecule has 1 N–H and O–H groups in total. The number of hydrogen-bond acceptors (Lipinski definition) is 4. The van der Waals surface area contributed by atoms with E-state index in [1.807, 2.05) is 0 Å². The molecule has 0 aliphatic heterocycles. The van der Waals surface area contributed by atoms with Gasteiger partial charge in [-0.2, -0.15) is 0 Å². The highest BCUT2D eigenvalue weighted by Gasteiger charge is 2.56. The SMILES string of the molecule is CNC1=CC(=O)C2=C(C1=O)[C@H]1CC[C@]3(C)C(=O)CC[C@H]3[C@@H]1CC2. The molecule has 0 unspecified atom stereocenters. The van der Waals surface area contributed by atoms with E-state index in [-0.39, 0.29) is 22.9 Å². The number of ketones is 3. The van der Waals surface area contributed by atoms with Crippen LogP contribution >= 0.6 is 0 Å². The Balaban J connectivity index is 1.74. The summed E-state index contributed by atoms with van der Waals surface area (Å²) >= 11 is 0. The fourth-order valence-corrected chi connectivity index (χ4v) is 5.66. The summed E-state index contributed by atoms with van der Waals surface area (Å²) in [7, 11) is 1.69. The van der Waals surface area contributed by atoms with Crippen molar-refractivity contribution >= 4 is 17.3 Å². The predicted molar refractivity (Wildman–Crippen MR) is 85.5 cm³/mol. The van der Waals surface area contributed by atoms with Crippen molar-refractivity contribution in [3.8, 4) is 0 Å². The lowest BCUT2D eigenvalue weighted by atomic mass is 9.54. The number of hydrogen-bond donors (Lipinski definition) is 1. The van der Waals surface area contributed by atoms with Crippen LogP contribution in [0.3, 0.4) is 0 Å². The van der Waals surface area contributed by atoms with Crippen molar-refractivity contribution in [2.75, 3.05) is 7.05 Å². The molecule has 0 saturated heterocycles. The summed E-state index contributed by atoms with van der Waals surface area (Å²) in [4.78, 5) is 37.5. The molecule has 122 valence electrons. The van der Waals surface area contributed by atoms with Crippen molar-refractivity contribution in [1.29, 1.82) is 0 Å². The first-order valence-electron chi connectivity index (χ1n) is 8.72. The lowest BCUT2D eigenvalue weighted by molar-refractivity contribution is -0.130. The summed E-state index contributed by atoms with van der Waals surface area (Å²) in [6.45, 7) is 2.12. The van der Waals surface area contributed by atoms with Gasteiger partial charge in [0.05, 0.1) is 5.70 Å². The van der Waals surface area contributed by atoms with Gasteiger partial charge in [-0.25, -0.2) is 0 Å². The van der Waals surface area contributed by atoms with Gasteiger partial charge in [0.15, 0.2) is 5.78 Å². The number of carbonyl (C=O) groups excluding carboxylic acids is 3. The molecule has 4 aliphatic rings. The Bertz CT molecular complexity index is 687. The van der Waals surface area contributed by atoms with Crippen LogP contribution in [0.2, 0.25) is 0 Å². The lowest BCUT2D eigenvalue weighted by Gasteiger charge is -2.48. The highest BCUT2D eigenvalue weighted by atomic mass is 16.1. The van der Waals surface area contributed by atoms with E-state index < -0.39 is 0 Å². The summed E-state index contributed by atoms with van der Waals surface area (Å²) in [5.41, 5.74) is 1.73. The van der Waals surface area contributed by atoms with Crippen LogP contribution in [-0.2, 0) is 14.4 Å². The first-order chi connectivity index (χ1) is 11.0. The summed E-state index contributed by atoms with van der Waals surface area (Å²) in [5, 5.41) is 2.88. The van der Waals surface area contributed by atoms with Gasteiger partial charge in [0.1, 0.15) is 5.78 Å². The van der Waals surface area contributed by atoms with Gasteiger partial charge in [0, 0.05) is 36.1 Å². The predicted octanol–water partition coefficient (Wildman–Crippen LogP) is 2.34. The van der Waals surface area contributed by atoms with Gasteiger partial charge < -0.3 is 5.32 Å². The van der Waals surface area contributed by atoms with Crippen LogP contribution in [-0.4, -0.2) is 24.4 Å². The number of carbonyl (C=O) groups is 3.